The van der Waals surface area contributed by atoms with E-state index in [2.05, 4.69) is 16.0 Å². The van der Waals surface area contributed by atoms with Crippen molar-refractivity contribution in [3.63, 3.8) is 0 Å². The SMILES string of the molecule is NC(NN=O)c1cccc(NC(=O)c2cccc(F)c2)c1. The summed E-state index contributed by atoms with van der Waals surface area (Å²) in [5.74, 6) is -0.929. The molecule has 2 aromatic rings. The number of nitroso groups, excluding NO2 is 1. The second kappa shape index (κ2) is 6.58. The molecule has 0 radical (unpaired) electrons. The number of benzene rings is 2. The lowest BCUT2D eigenvalue weighted by atomic mass is 10.1. The zero-order valence-corrected chi connectivity index (χ0v) is 10.9. The van der Waals surface area contributed by atoms with Gasteiger partial charge in [-0.3, -0.25) is 10.2 Å². The molecule has 4 N–H and O–H groups in total. The van der Waals surface area contributed by atoms with E-state index in [9.17, 15) is 14.1 Å². The van der Waals surface area contributed by atoms with Crippen molar-refractivity contribution in [1.82, 2.24) is 5.43 Å². The Labute approximate surface area is 120 Å². The van der Waals surface area contributed by atoms with Crippen LogP contribution in [0.25, 0.3) is 0 Å². The van der Waals surface area contributed by atoms with Gasteiger partial charge in [0.25, 0.3) is 5.91 Å². The summed E-state index contributed by atoms with van der Waals surface area (Å²) in [7, 11) is 0. The van der Waals surface area contributed by atoms with Crippen molar-refractivity contribution in [2.75, 3.05) is 5.32 Å². The van der Waals surface area contributed by atoms with Gasteiger partial charge in [0.15, 0.2) is 0 Å². The molecule has 0 saturated heterocycles. The highest BCUT2D eigenvalue weighted by Crippen LogP contribution is 2.16. The fourth-order valence-corrected chi connectivity index (χ4v) is 1.77. The van der Waals surface area contributed by atoms with Gasteiger partial charge in [-0.05, 0) is 35.9 Å². The minimum atomic E-state index is -0.770. The highest BCUT2D eigenvalue weighted by atomic mass is 19.1. The molecule has 7 heteroatoms. The molecule has 1 unspecified atom stereocenters. The maximum atomic E-state index is 13.1. The number of carbonyl (C=O) groups excluding carboxylic acids is 1. The van der Waals surface area contributed by atoms with Crippen LogP contribution in [0.5, 0.6) is 0 Å². The van der Waals surface area contributed by atoms with E-state index in [0.29, 0.717) is 11.3 Å². The van der Waals surface area contributed by atoms with Crippen LogP contribution < -0.4 is 16.5 Å². The van der Waals surface area contributed by atoms with Gasteiger partial charge in [-0.15, -0.1) is 4.91 Å². The maximum absolute atomic E-state index is 13.1. The molecular weight excluding hydrogens is 275 g/mol. The van der Waals surface area contributed by atoms with Gasteiger partial charge in [0.05, 0.1) is 5.29 Å². The normalized spacial score (nSPS) is 11.5. The van der Waals surface area contributed by atoms with Crippen LogP contribution in [0.15, 0.2) is 53.8 Å². The number of amides is 1. The first-order chi connectivity index (χ1) is 10.1. The molecule has 2 rings (SSSR count). The summed E-state index contributed by atoms with van der Waals surface area (Å²) in [5, 5.41) is 5.13. The van der Waals surface area contributed by atoms with Crippen LogP contribution in [-0.4, -0.2) is 5.91 Å². The first-order valence-corrected chi connectivity index (χ1v) is 6.10. The highest BCUT2D eigenvalue weighted by Gasteiger charge is 2.09. The first-order valence-electron chi connectivity index (χ1n) is 6.10. The quantitative estimate of drug-likeness (QED) is 0.447. The zero-order valence-electron chi connectivity index (χ0n) is 10.9. The molecule has 108 valence electrons. The smallest absolute Gasteiger partial charge is 0.255 e. The molecule has 6 nitrogen and oxygen atoms in total. The van der Waals surface area contributed by atoms with Crippen LogP contribution in [0, 0.1) is 10.7 Å². The molecule has 0 fully saturated rings. The lowest BCUT2D eigenvalue weighted by molar-refractivity contribution is 0.102. The molecule has 0 spiro atoms. The average Bonchev–Trinajstić information content (AvgIpc) is 2.48. The monoisotopic (exact) mass is 288 g/mol. The number of hydrogen-bond donors (Lipinski definition) is 3. The van der Waals surface area contributed by atoms with Gasteiger partial charge in [0, 0.05) is 11.3 Å². The van der Waals surface area contributed by atoms with Crippen molar-refractivity contribution in [2.24, 2.45) is 11.0 Å². The molecule has 0 saturated carbocycles. The van der Waals surface area contributed by atoms with E-state index in [1.807, 2.05) is 0 Å². The van der Waals surface area contributed by atoms with Crippen LogP contribution >= 0.6 is 0 Å². The fourth-order valence-electron chi connectivity index (χ4n) is 1.77. The Hall–Kier alpha value is -2.80. The van der Waals surface area contributed by atoms with Gasteiger partial charge in [-0.25, -0.2) is 4.39 Å². The molecule has 21 heavy (non-hydrogen) atoms. The van der Waals surface area contributed by atoms with E-state index >= 15 is 0 Å². The lowest BCUT2D eigenvalue weighted by Gasteiger charge is -2.11. The number of nitrogens with two attached hydrogens (primary N) is 1. The van der Waals surface area contributed by atoms with Crippen molar-refractivity contribution in [3.05, 3.63) is 70.4 Å². The van der Waals surface area contributed by atoms with Crippen LogP contribution in [0.2, 0.25) is 0 Å². The number of nitrogens with zero attached hydrogens (tertiary/aromatic N) is 1. The fraction of sp³-hybridized carbons (Fsp3) is 0.0714. The second-order valence-electron chi connectivity index (χ2n) is 4.29. The maximum Gasteiger partial charge on any atom is 0.255 e. The summed E-state index contributed by atoms with van der Waals surface area (Å²) < 4.78 is 13.1. The van der Waals surface area contributed by atoms with Crippen LogP contribution in [-0.2, 0) is 0 Å². The molecule has 2 aromatic carbocycles. The van der Waals surface area contributed by atoms with Gasteiger partial charge in [0.2, 0.25) is 0 Å². The lowest BCUT2D eigenvalue weighted by Crippen LogP contribution is -2.24. The Morgan fingerprint density at radius 2 is 1.95 bits per heavy atom. The van der Waals surface area contributed by atoms with Gasteiger partial charge in [-0.1, -0.05) is 18.2 Å². The Morgan fingerprint density at radius 1 is 1.19 bits per heavy atom. The number of halogens is 1. The van der Waals surface area contributed by atoms with E-state index in [1.54, 1.807) is 24.3 Å². The van der Waals surface area contributed by atoms with Crippen molar-refractivity contribution in [3.8, 4) is 0 Å². The molecule has 0 aliphatic heterocycles. The number of rotatable bonds is 5. The van der Waals surface area contributed by atoms with Gasteiger partial charge in [-0.2, -0.15) is 0 Å². The third-order valence-corrected chi connectivity index (χ3v) is 2.78. The number of anilines is 1. The highest BCUT2D eigenvalue weighted by molar-refractivity contribution is 6.04. The predicted molar refractivity (Wildman–Crippen MR) is 76.7 cm³/mol. The average molecular weight is 288 g/mol. The molecule has 1 atom stereocenters. The summed E-state index contributed by atoms with van der Waals surface area (Å²) in [6, 6.07) is 12.0. The Bertz CT molecular complexity index is 663. The summed E-state index contributed by atoms with van der Waals surface area (Å²) in [6.45, 7) is 0. The minimum absolute atomic E-state index is 0.206. The largest absolute Gasteiger partial charge is 0.322 e. The summed E-state index contributed by atoms with van der Waals surface area (Å²) in [4.78, 5) is 22.1. The molecule has 0 bridgehead atoms. The summed E-state index contributed by atoms with van der Waals surface area (Å²) in [5.41, 5.74) is 9.09. The minimum Gasteiger partial charge on any atom is -0.322 e. The third kappa shape index (κ3) is 3.83. The standard InChI is InChI=1S/C14H13FN4O2/c15-11-5-1-4-10(7-11)14(20)17-12-6-2-3-9(8-12)13(16)18-19-21/h1-8,13H,16H2,(H,17,20)(H,18,21). The third-order valence-electron chi connectivity index (χ3n) is 2.78. The van der Waals surface area contributed by atoms with Gasteiger partial charge in [0.1, 0.15) is 12.0 Å². The van der Waals surface area contributed by atoms with Gasteiger partial charge >= 0.3 is 0 Å². The molecular formula is C14H13FN4O2. The molecule has 1 amide bonds. The first kappa shape index (κ1) is 14.6. The van der Waals surface area contributed by atoms with Crippen LogP contribution in [0.1, 0.15) is 22.1 Å². The second-order valence-corrected chi connectivity index (χ2v) is 4.29. The van der Waals surface area contributed by atoms with E-state index in [4.69, 9.17) is 5.73 Å². The molecule has 0 aliphatic rings. The Kier molecular flexibility index (Phi) is 4.57. The Morgan fingerprint density at radius 3 is 2.67 bits per heavy atom. The van der Waals surface area contributed by atoms with E-state index in [-0.39, 0.29) is 5.56 Å². The zero-order chi connectivity index (χ0) is 15.2. The number of nitrogens with one attached hydrogen (secondary N) is 2. The molecule has 0 aromatic heterocycles. The van der Waals surface area contributed by atoms with Crippen molar-refractivity contribution in [1.29, 1.82) is 0 Å². The summed E-state index contributed by atoms with van der Waals surface area (Å²) >= 11 is 0. The van der Waals surface area contributed by atoms with Crippen LogP contribution in [0.3, 0.4) is 0 Å². The Balaban J connectivity index is 2.14. The van der Waals surface area contributed by atoms with E-state index in [1.165, 1.54) is 18.2 Å². The van der Waals surface area contributed by atoms with Crippen LogP contribution in [0.4, 0.5) is 10.1 Å². The number of carbonyl (C=O) groups is 1. The number of hydrogen-bond acceptors (Lipinski definition) is 4. The molecule has 0 heterocycles. The van der Waals surface area contributed by atoms with Crippen molar-refractivity contribution < 1.29 is 9.18 Å². The van der Waals surface area contributed by atoms with Gasteiger partial charge < -0.3 is 11.1 Å². The molecule has 0 aliphatic carbocycles. The summed E-state index contributed by atoms with van der Waals surface area (Å²) in [6.07, 6.45) is -0.770. The van der Waals surface area contributed by atoms with Crippen molar-refractivity contribution in [2.45, 2.75) is 6.17 Å². The topological polar surface area (TPSA) is 96.6 Å². The van der Waals surface area contributed by atoms with Crippen molar-refractivity contribution >= 4 is 11.6 Å². The predicted octanol–water partition coefficient (Wildman–Crippen LogP) is 2.31. The van der Waals surface area contributed by atoms with E-state index in [0.717, 1.165) is 6.07 Å². The van der Waals surface area contributed by atoms with E-state index < -0.39 is 17.9 Å².